The van der Waals surface area contributed by atoms with Crippen molar-refractivity contribution in [3.8, 4) is 0 Å². The minimum absolute atomic E-state index is 0.0547. The number of hydrogen-bond acceptors (Lipinski definition) is 4. The molecule has 2 aliphatic carbocycles. The number of rotatable bonds is 4. The van der Waals surface area contributed by atoms with Crippen molar-refractivity contribution in [2.45, 2.75) is 122 Å². The van der Waals surface area contributed by atoms with Crippen LogP contribution >= 0.6 is 0 Å². The molecule has 152 valence electrons. The molecule has 0 aromatic heterocycles. The monoisotopic (exact) mass is 374 g/mol. The van der Waals surface area contributed by atoms with Gasteiger partial charge in [0.15, 0.2) is 11.8 Å². The first-order valence-electron chi connectivity index (χ1n) is 11.5. The molecule has 0 aromatic rings. The largest absolute Gasteiger partial charge is 0.472 e. The first kappa shape index (κ1) is 19.3. The quantitative estimate of drug-likeness (QED) is 0.634. The molecule has 4 nitrogen and oxygen atoms in total. The van der Waals surface area contributed by atoms with Gasteiger partial charge in [-0.1, -0.05) is 40.5 Å². The van der Waals surface area contributed by atoms with Crippen LogP contribution < -0.4 is 0 Å². The predicted octanol–water partition coefficient (Wildman–Crippen LogP) is 5.69. The van der Waals surface area contributed by atoms with Gasteiger partial charge in [0.05, 0.1) is 18.5 Å². The van der Waals surface area contributed by atoms with E-state index < -0.39 is 0 Å². The Balaban J connectivity index is 1.50. The summed E-state index contributed by atoms with van der Waals surface area (Å²) in [5, 5.41) is 0. The van der Waals surface area contributed by atoms with Gasteiger partial charge in [0.1, 0.15) is 11.2 Å². The topological polar surface area (TPSA) is 43.2 Å². The second-order valence-electron chi connectivity index (χ2n) is 10.1. The zero-order valence-corrected chi connectivity index (χ0v) is 17.8. The first-order chi connectivity index (χ1) is 12.9. The Kier molecular flexibility index (Phi) is 5.28. The number of aliphatic imine (C=N–C) groups is 2. The van der Waals surface area contributed by atoms with Crippen molar-refractivity contribution in [2.75, 3.05) is 0 Å². The van der Waals surface area contributed by atoms with Crippen LogP contribution in [0.3, 0.4) is 0 Å². The van der Waals surface area contributed by atoms with Crippen LogP contribution in [0.5, 0.6) is 0 Å². The molecule has 4 rings (SSSR count). The van der Waals surface area contributed by atoms with Gasteiger partial charge in [-0.25, -0.2) is 9.98 Å². The minimum Gasteiger partial charge on any atom is -0.472 e. The van der Waals surface area contributed by atoms with Crippen molar-refractivity contribution in [2.24, 2.45) is 21.8 Å². The van der Waals surface area contributed by atoms with Gasteiger partial charge in [0, 0.05) is 0 Å². The molecule has 2 fully saturated rings. The Bertz CT molecular complexity index is 543. The van der Waals surface area contributed by atoms with Crippen molar-refractivity contribution in [3.05, 3.63) is 0 Å². The molecule has 0 radical (unpaired) electrons. The van der Waals surface area contributed by atoms with E-state index in [2.05, 4.69) is 27.7 Å². The molecule has 0 saturated heterocycles. The summed E-state index contributed by atoms with van der Waals surface area (Å²) >= 11 is 0. The van der Waals surface area contributed by atoms with Gasteiger partial charge in [-0.15, -0.1) is 0 Å². The van der Waals surface area contributed by atoms with Crippen molar-refractivity contribution in [3.63, 3.8) is 0 Å². The van der Waals surface area contributed by atoms with E-state index in [0.717, 1.165) is 37.5 Å². The lowest BCUT2D eigenvalue weighted by Gasteiger charge is -2.39. The Morgan fingerprint density at radius 1 is 0.704 bits per heavy atom. The molecular weight excluding hydrogens is 336 g/mol. The molecule has 2 heterocycles. The molecule has 4 aliphatic rings. The summed E-state index contributed by atoms with van der Waals surface area (Å²) in [6.07, 6.45) is 13.0. The van der Waals surface area contributed by atoms with Crippen LogP contribution in [-0.2, 0) is 9.47 Å². The van der Waals surface area contributed by atoms with E-state index in [9.17, 15) is 0 Å². The van der Waals surface area contributed by atoms with E-state index in [1.807, 2.05) is 0 Å². The Morgan fingerprint density at radius 2 is 1.07 bits per heavy atom. The average molecular weight is 375 g/mol. The number of nitrogens with zero attached hydrogens (tertiary/aromatic N) is 2. The SMILES string of the molecule is CC(C)[C@H]1N=C(CC2=N[C@H](C(C)C)C3(CCCCC3)O2)OC12CCCCC2. The predicted molar refractivity (Wildman–Crippen MR) is 111 cm³/mol. The first-order valence-corrected chi connectivity index (χ1v) is 11.5. The average Bonchev–Trinajstić information content (AvgIpc) is 3.15. The Labute approximate surface area is 165 Å². The highest BCUT2D eigenvalue weighted by atomic mass is 16.5. The van der Waals surface area contributed by atoms with Crippen LogP contribution in [0.4, 0.5) is 0 Å². The van der Waals surface area contributed by atoms with E-state index in [1.54, 1.807) is 0 Å². The van der Waals surface area contributed by atoms with Crippen molar-refractivity contribution >= 4 is 11.8 Å². The third-order valence-electron chi connectivity index (χ3n) is 7.25. The Morgan fingerprint density at radius 3 is 1.41 bits per heavy atom. The highest BCUT2D eigenvalue weighted by Gasteiger charge is 2.51. The summed E-state index contributed by atoms with van der Waals surface area (Å²) in [4.78, 5) is 10.1. The second kappa shape index (κ2) is 7.40. The van der Waals surface area contributed by atoms with Crippen LogP contribution in [0, 0.1) is 11.8 Å². The highest BCUT2D eigenvalue weighted by molar-refractivity contribution is 5.99. The lowest BCUT2D eigenvalue weighted by molar-refractivity contribution is -0.0000825. The maximum Gasteiger partial charge on any atom is 0.193 e. The molecule has 2 saturated carbocycles. The molecule has 2 spiro atoms. The third-order valence-corrected chi connectivity index (χ3v) is 7.25. The van der Waals surface area contributed by atoms with E-state index >= 15 is 0 Å². The second-order valence-corrected chi connectivity index (χ2v) is 10.1. The van der Waals surface area contributed by atoms with Crippen molar-refractivity contribution < 1.29 is 9.47 Å². The molecule has 0 bridgehead atoms. The van der Waals surface area contributed by atoms with E-state index in [4.69, 9.17) is 19.5 Å². The molecule has 27 heavy (non-hydrogen) atoms. The molecule has 0 amide bonds. The number of hydrogen-bond donors (Lipinski definition) is 0. The van der Waals surface area contributed by atoms with Gasteiger partial charge < -0.3 is 9.47 Å². The highest BCUT2D eigenvalue weighted by Crippen LogP contribution is 2.45. The minimum atomic E-state index is -0.0547. The molecule has 2 atom stereocenters. The summed E-state index contributed by atoms with van der Waals surface area (Å²) in [5.41, 5.74) is -0.109. The fourth-order valence-corrected chi connectivity index (χ4v) is 6.09. The van der Waals surface area contributed by atoms with Gasteiger partial charge in [0.25, 0.3) is 0 Å². The van der Waals surface area contributed by atoms with E-state index in [0.29, 0.717) is 30.3 Å². The summed E-state index contributed by atoms with van der Waals surface area (Å²) in [7, 11) is 0. The molecule has 0 unspecified atom stereocenters. The zero-order valence-electron chi connectivity index (χ0n) is 17.8. The standard InChI is InChI=1S/C23H38N2O2/c1-16(2)20-22(11-7-5-8-12-22)26-18(24-20)15-19-25-21(17(3)4)23(27-19)13-9-6-10-14-23/h16-17,20-21H,5-15H2,1-4H3/t20-,21-/m1/s1. The van der Waals surface area contributed by atoms with Gasteiger partial charge >= 0.3 is 0 Å². The normalized spacial score (nSPS) is 31.9. The van der Waals surface area contributed by atoms with Gasteiger partial charge in [-0.2, -0.15) is 0 Å². The van der Waals surface area contributed by atoms with Gasteiger partial charge in [-0.05, 0) is 63.2 Å². The maximum atomic E-state index is 6.59. The molecule has 0 N–H and O–H groups in total. The fourth-order valence-electron chi connectivity index (χ4n) is 6.09. The lowest BCUT2D eigenvalue weighted by Crippen LogP contribution is -2.45. The maximum absolute atomic E-state index is 6.59. The fraction of sp³-hybridized carbons (Fsp3) is 0.913. The van der Waals surface area contributed by atoms with Crippen LogP contribution in [-0.4, -0.2) is 35.1 Å². The van der Waals surface area contributed by atoms with Crippen LogP contribution in [0.15, 0.2) is 9.98 Å². The molecule has 2 aliphatic heterocycles. The summed E-state index contributed by atoms with van der Waals surface area (Å²) in [6, 6.07) is 0.582. The van der Waals surface area contributed by atoms with Crippen molar-refractivity contribution in [1.82, 2.24) is 0 Å². The van der Waals surface area contributed by atoms with Gasteiger partial charge in [0.2, 0.25) is 0 Å². The lowest BCUT2D eigenvalue weighted by atomic mass is 9.76. The Hall–Kier alpha value is -1.06. The summed E-state index contributed by atoms with van der Waals surface area (Å²) in [6.45, 7) is 9.14. The summed E-state index contributed by atoms with van der Waals surface area (Å²) in [5.74, 6) is 2.79. The third kappa shape index (κ3) is 3.53. The summed E-state index contributed by atoms with van der Waals surface area (Å²) < 4.78 is 13.2. The van der Waals surface area contributed by atoms with Crippen molar-refractivity contribution in [1.29, 1.82) is 0 Å². The zero-order chi connectivity index (χ0) is 19.1. The number of ether oxygens (including phenoxy) is 2. The molecule has 0 aromatic carbocycles. The van der Waals surface area contributed by atoms with Crippen LogP contribution in [0.1, 0.15) is 98.3 Å². The molecular formula is C23H38N2O2. The van der Waals surface area contributed by atoms with Crippen LogP contribution in [0.2, 0.25) is 0 Å². The van der Waals surface area contributed by atoms with Crippen LogP contribution in [0.25, 0.3) is 0 Å². The van der Waals surface area contributed by atoms with E-state index in [1.165, 1.54) is 38.5 Å². The van der Waals surface area contributed by atoms with E-state index in [-0.39, 0.29) is 11.2 Å². The van der Waals surface area contributed by atoms with Gasteiger partial charge in [-0.3, -0.25) is 0 Å². The molecule has 4 heteroatoms. The smallest absolute Gasteiger partial charge is 0.193 e.